The van der Waals surface area contributed by atoms with Crippen LogP contribution in [0.2, 0.25) is 0 Å². The third-order valence-corrected chi connectivity index (χ3v) is 6.10. The first-order valence-electron chi connectivity index (χ1n) is 11.9. The summed E-state index contributed by atoms with van der Waals surface area (Å²) in [5.74, 6) is -0.263. The van der Waals surface area contributed by atoms with Crippen LogP contribution >= 0.6 is 0 Å². The average Bonchev–Trinajstić information content (AvgIpc) is 3.26. The first-order valence-corrected chi connectivity index (χ1v) is 11.9. The Kier molecular flexibility index (Phi) is 7.83. The standard InChI is InChI=1S/C29H30N2O4/c1-21(29(34)30-18-17-22-9-4-2-5-10-22)31-19-24(15-16-27(32)33)28-25(31)13-8-14-26(28)35-20-23-11-6-3-7-12-23/h2-14,19,21H,15-18,20H2,1H3,(H,30,34)(H,32,33). The Balaban J connectivity index is 1.56. The number of rotatable bonds is 11. The van der Waals surface area contributed by atoms with E-state index in [9.17, 15) is 14.7 Å². The molecule has 1 heterocycles. The second-order valence-corrected chi connectivity index (χ2v) is 8.58. The fourth-order valence-corrected chi connectivity index (χ4v) is 4.22. The van der Waals surface area contributed by atoms with Crippen molar-refractivity contribution in [2.45, 2.75) is 38.8 Å². The van der Waals surface area contributed by atoms with Crippen molar-refractivity contribution in [1.29, 1.82) is 0 Å². The summed E-state index contributed by atoms with van der Waals surface area (Å²) in [5.41, 5.74) is 3.92. The number of amides is 1. The Labute approximate surface area is 205 Å². The molecule has 3 aromatic carbocycles. The number of aryl methyl sites for hydroxylation is 1. The highest BCUT2D eigenvalue weighted by atomic mass is 16.5. The Morgan fingerprint density at radius 2 is 1.60 bits per heavy atom. The summed E-state index contributed by atoms with van der Waals surface area (Å²) in [7, 11) is 0. The zero-order chi connectivity index (χ0) is 24.6. The minimum absolute atomic E-state index is 0.00376. The topological polar surface area (TPSA) is 80.6 Å². The molecule has 6 heteroatoms. The van der Waals surface area contributed by atoms with Crippen molar-refractivity contribution in [3.05, 3.63) is 102 Å². The number of aliphatic carboxylic acids is 1. The lowest BCUT2D eigenvalue weighted by Crippen LogP contribution is -2.32. The Morgan fingerprint density at radius 3 is 2.29 bits per heavy atom. The summed E-state index contributed by atoms with van der Waals surface area (Å²) in [6.07, 6.45) is 3.01. The van der Waals surface area contributed by atoms with Crippen LogP contribution in [0.5, 0.6) is 5.75 Å². The minimum Gasteiger partial charge on any atom is -0.488 e. The first kappa shape index (κ1) is 24.1. The van der Waals surface area contributed by atoms with E-state index in [4.69, 9.17) is 4.74 Å². The van der Waals surface area contributed by atoms with Crippen LogP contribution in [-0.2, 0) is 29.0 Å². The second-order valence-electron chi connectivity index (χ2n) is 8.58. The third-order valence-electron chi connectivity index (χ3n) is 6.10. The summed E-state index contributed by atoms with van der Waals surface area (Å²) in [4.78, 5) is 24.3. The summed E-state index contributed by atoms with van der Waals surface area (Å²) in [5, 5.41) is 13.1. The normalized spacial score (nSPS) is 11.8. The van der Waals surface area contributed by atoms with Crippen LogP contribution in [0.3, 0.4) is 0 Å². The van der Waals surface area contributed by atoms with Crippen LogP contribution < -0.4 is 10.1 Å². The van der Waals surface area contributed by atoms with Gasteiger partial charge in [0.1, 0.15) is 18.4 Å². The minimum atomic E-state index is -0.861. The van der Waals surface area contributed by atoms with Crippen molar-refractivity contribution < 1.29 is 19.4 Å². The van der Waals surface area contributed by atoms with Crippen molar-refractivity contribution in [3.63, 3.8) is 0 Å². The maximum atomic E-state index is 13.0. The number of hydrogen-bond acceptors (Lipinski definition) is 3. The first-order chi connectivity index (χ1) is 17.0. The van der Waals surface area contributed by atoms with E-state index in [-0.39, 0.29) is 12.3 Å². The molecule has 0 aliphatic rings. The summed E-state index contributed by atoms with van der Waals surface area (Å²) >= 11 is 0. The van der Waals surface area contributed by atoms with Crippen molar-refractivity contribution in [1.82, 2.24) is 9.88 Å². The van der Waals surface area contributed by atoms with Crippen molar-refractivity contribution in [2.75, 3.05) is 6.54 Å². The van der Waals surface area contributed by atoms with E-state index < -0.39 is 12.0 Å². The van der Waals surface area contributed by atoms with Gasteiger partial charge < -0.3 is 19.7 Å². The summed E-state index contributed by atoms with van der Waals surface area (Å²) in [6.45, 7) is 2.80. The highest BCUT2D eigenvalue weighted by Crippen LogP contribution is 2.34. The Hall–Kier alpha value is -4.06. The van der Waals surface area contributed by atoms with E-state index in [1.165, 1.54) is 5.56 Å². The molecule has 0 bridgehead atoms. The molecule has 0 aliphatic carbocycles. The Morgan fingerprint density at radius 1 is 0.914 bits per heavy atom. The molecule has 180 valence electrons. The smallest absolute Gasteiger partial charge is 0.303 e. The van der Waals surface area contributed by atoms with E-state index in [2.05, 4.69) is 5.32 Å². The largest absolute Gasteiger partial charge is 0.488 e. The van der Waals surface area contributed by atoms with Gasteiger partial charge in [-0.05, 0) is 48.6 Å². The molecule has 1 amide bonds. The number of hydrogen-bond donors (Lipinski definition) is 2. The number of aromatic nitrogens is 1. The van der Waals surface area contributed by atoms with Gasteiger partial charge in [0, 0.05) is 24.5 Å². The van der Waals surface area contributed by atoms with E-state index >= 15 is 0 Å². The number of carboxylic acid groups (broad SMARTS) is 1. The molecular weight excluding hydrogens is 440 g/mol. The van der Waals surface area contributed by atoms with Gasteiger partial charge in [0.2, 0.25) is 5.91 Å². The SMILES string of the molecule is CC(C(=O)NCCc1ccccc1)n1cc(CCC(=O)O)c2c(OCc3ccccc3)cccc21. The lowest BCUT2D eigenvalue weighted by atomic mass is 10.1. The number of carbonyl (C=O) groups excluding carboxylic acids is 1. The molecule has 0 fully saturated rings. The number of ether oxygens (including phenoxy) is 1. The second kappa shape index (κ2) is 11.4. The van der Waals surface area contributed by atoms with E-state index in [1.54, 1.807) is 0 Å². The fraction of sp³-hybridized carbons (Fsp3) is 0.241. The lowest BCUT2D eigenvalue weighted by molar-refractivity contribution is -0.137. The van der Waals surface area contributed by atoms with Gasteiger partial charge in [-0.2, -0.15) is 0 Å². The highest BCUT2D eigenvalue weighted by molar-refractivity contribution is 5.92. The van der Waals surface area contributed by atoms with Crippen LogP contribution in [0.15, 0.2) is 85.1 Å². The van der Waals surface area contributed by atoms with Crippen LogP contribution in [-0.4, -0.2) is 28.1 Å². The molecule has 2 N–H and O–H groups in total. The molecule has 6 nitrogen and oxygen atoms in total. The third kappa shape index (κ3) is 6.09. The van der Waals surface area contributed by atoms with Gasteiger partial charge in [0.05, 0.1) is 5.52 Å². The van der Waals surface area contributed by atoms with Gasteiger partial charge in [0.15, 0.2) is 0 Å². The molecule has 0 radical (unpaired) electrons. The van der Waals surface area contributed by atoms with Gasteiger partial charge in [-0.3, -0.25) is 9.59 Å². The number of carbonyl (C=O) groups is 2. The number of nitrogens with zero attached hydrogens (tertiary/aromatic N) is 1. The maximum absolute atomic E-state index is 13.0. The maximum Gasteiger partial charge on any atom is 0.303 e. The predicted octanol–water partition coefficient (Wildman–Crippen LogP) is 5.16. The van der Waals surface area contributed by atoms with Gasteiger partial charge in [-0.15, -0.1) is 0 Å². The van der Waals surface area contributed by atoms with Gasteiger partial charge in [-0.25, -0.2) is 0 Å². The molecule has 0 saturated heterocycles. The zero-order valence-electron chi connectivity index (χ0n) is 19.8. The Bertz CT molecular complexity index is 1280. The molecule has 1 aromatic heterocycles. The number of nitrogens with one attached hydrogen (secondary N) is 1. The zero-order valence-corrected chi connectivity index (χ0v) is 19.8. The summed E-state index contributed by atoms with van der Waals surface area (Å²) in [6, 6.07) is 25.2. The molecule has 1 unspecified atom stereocenters. The van der Waals surface area contributed by atoms with Gasteiger partial charge >= 0.3 is 5.97 Å². The van der Waals surface area contributed by atoms with Crippen molar-refractivity contribution >= 4 is 22.8 Å². The number of benzene rings is 3. The molecule has 0 spiro atoms. The molecule has 4 rings (SSSR count). The van der Waals surface area contributed by atoms with E-state index in [0.717, 1.165) is 28.5 Å². The molecule has 1 atom stereocenters. The number of fused-ring (bicyclic) bond motifs is 1. The average molecular weight is 471 g/mol. The predicted molar refractivity (Wildman–Crippen MR) is 137 cm³/mol. The van der Waals surface area contributed by atoms with E-state index in [1.807, 2.05) is 96.6 Å². The molecule has 4 aromatic rings. The lowest BCUT2D eigenvalue weighted by Gasteiger charge is -2.16. The highest BCUT2D eigenvalue weighted by Gasteiger charge is 2.21. The van der Waals surface area contributed by atoms with Crippen LogP contribution in [0.25, 0.3) is 10.9 Å². The van der Waals surface area contributed by atoms with Crippen molar-refractivity contribution in [2.24, 2.45) is 0 Å². The van der Waals surface area contributed by atoms with Crippen LogP contribution in [0.1, 0.15) is 36.1 Å². The quantitative estimate of drug-likeness (QED) is 0.317. The monoisotopic (exact) mass is 470 g/mol. The van der Waals surface area contributed by atoms with E-state index in [0.29, 0.717) is 25.3 Å². The molecule has 0 aliphatic heterocycles. The molecule has 35 heavy (non-hydrogen) atoms. The van der Waals surface area contributed by atoms with Crippen LogP contribution in [0, 0.1) is 0 Å². The number of carboxylic acids is 1. The fourth-order valence-electron chi connectivity index (χ4n) is 4.22. The summed E-state index contributed by atoms with van der Waals surface area (Å²) < 4.78 is 8.08. The molecule has 0 saturated carbocycles. The molecular formula is C29H30N2O4. The van der Waals surface area contributed by atoms with Gasteiger partial charge in [-0.1, -0.05) is 66.7 Å². The van der Waals surface area contributed by atoms with Gasteiger partial charge in [0.25, 0.3) is 0 Å². The van der Waals surface area contributed by atoms with Crippen molar-refractivity contribution in [3.8, 4) is 5.75 Å². The van der Waals surface area contributed by atoms with Crippen LogP contribution in [0.4, 0.5) is 0 Å².